The number of amides is 2. The van der Waals surface area contributed by atoms with E-state index in [1.54, 1.807) is 25.2 Å². The molecule has 1 saturated carbocycles. The van der Waals surface area contributed by atoms with Crippen LogP contribution in [0.5, 0.6) is 0 Å². The fourth-order valence-corrected chi connectivity index (χ4v) is 5.39. The SMILES string of the molecule is CNC(=O)c1cc(NC(=O)c2cccc(S(=O)(=O)N(C)C3CCCCC3)c2)ccc1Cl. The first-order valence-corrected chi connectivity index (χ1v) is 12.0. The molecule has 9 heteroatoms. The molecule has 2 N–H and O–H groups in total. The van der Waals surface area contributed by atoms with Crippen molar-refractivity contribution in [1.82, 2.24) is 9.62 Å². The Morgan fingerprint density at radius 2 is 1.74 bits per heavy atom. The summed E-state index contributed by atoms with van der Waals surface area (Å²) in [5, 5.41) is 5.44. The molecule has 1 aliphatic rings. The molecule has 0 unspecified atom stereocenters. The second-order valence-electron chi connectivity index (χ2n) is 7.57. The van der Waals surface area contributed by atoms with Gasteiger partial charge in [0.2, 0.25) is 10.0 Å². The van der Waals surface area contributed by atoms with Gasteiger partial charge in [0, 0.05) is 31.4 Å². The first-order valence-electron chi connectivity index (χ1n) is 10.1. The standard InChI is InChI=1S/C22H26ClN3O4S/c1-24-22(28)19-14-16(11-12-20(19)23)25-21(27)15-7-6-10-18(13-15)31(29,30)26(2)17-8-4-3-5-9-17/h6-7,10-14,17H,3-5,8-9H2,1-2H3,(H,24,28)(H,25,27). The van der Waals surface area contributed by atoms with Crippen LogP contribution in [0.25, 0.3) is 0 Å². The molecule has 0 aromatic heterocycles. The summed E-state index contributed by atoms with van der Waals surface area (Å²) in [5.74, 6) is -0.859. The van der Waals surface area contributed by atoms with E-state index in [9.17, 15) is 18.0 Å². The van der Waals surface area contributed by atoms with Gasteiger partial charge in [-0.2, -0.15) is 4.31 Å². The van der Waals surface area contributed by atoms with Crippen LogP contribution in [-0.2, 0) is 10.0 Å². The van der Waals surface area contributed by atoms with Crippen LogP contribution in [0.15, 0.2) is 47.4 Å². The number of sulfonamides is 1. The third kappa shape index (κ3) is 5.26. The number of carbonyl (C=O) groups is 2. The summed E-state index contributed by atoms with van der Waals surface area (Å²) in [4.78, 5) is 24.7. The van der Waals surface area contributed by atoms with Gasteiger partial charge in [0.25, 0.3) is 11.8 Å². The highest BCUT2D eigenvalue weighted by Crippen LogP contribution is 2.27. The van der Waals surface area contributed by atoms with Gasteiger partial charge in [-0.1, -0.05) is 36.9 Å². The third-order valence-electron chi connectivity index (χ3n) is 5.56. The molecule has 2 amide bonds. The first-order chi connectivity index (χ1) is 14.7. The Morgan fingerprint density at radius 1 is 1.03 bits per heavy atom. The fraction of sp³-hybridized carbons (Fsp3) is 0.364. The zero-order valence-electron chi connectivity index (χ0n) is 17.5. The van der Waals surface area contributed by atoms with Crippen LogP contribution >= 0.6 is 11.6 Å². The van der Waals surface area contributed by atoms with Gasteiger partial charge in [-0.3, -0.25) is 9.59 Å². The van der Waals surface area contributed by atoms with Gasteiger partial charge in [-0.05, 0) is 49.2 Å². The minimum absolute atomic E-state index is 0.0200. The summed E-state index contributed by atoms with van der Waals surface area (Å²) in [5.41, 5.74) is 0.808. The Balaban J connectivity index is 1.81. The van der Waals surface area contributed by atoms with E-state index in [0.717, 1.165) is 32.1 Å². The molecule has 0 bridgehead atoms. The van der Waals surface area contributed by atoms with Gasteiger partial charge in [0.1, 0.15) is 0 Å². The number of carbonyl (C=O) groups excluding carboxylic acids is 2. The van der Waals surface area contributed by atoms with E-state index in [1.165, 1.54) is 35.6 Å². The number of hydrogen-bond acceptors (Lipinski definition) is 4. The van der Waals surface area contributed by atoms with Crippen LogP contribution in [0.2, 0.25) is 5.02 Å². The summed E-state index contributed by atoms with van der Waals surface area (Å²) >= 11 is 6.04. The molecule has 0 spiro atoms. The Bertz CT molecular complexity index is 1080. The topological polar surface area (TPSA) is 95.6 Å². The van der Waals surface area contributed by atoms with Crippen LogP contribution in [0.3, 0.4) is 0 Å². The predicted octanol–water partition coefficient (Wildman–Crippen LogP) is 3.91. The molecule has 0 radical (unpaired) electrons. The zero-order chi connectivity index (χ0) is 22.6. The second-order valence-corrected chi connectivity index (χ2v) is 9.97. The maximum Gasteiger partial charge on any atom is 0.255 e. The lowest BCUT2D eigenvalue weighted by Gasteiger charge is -2.30. The lowest BCUT2D eigenvalue weighted by atomic mass is 9.96. The molecule has 7 nitrogen and oxygen atoms in total. The third-order valence-corrected chi connectivity index (χ3v) is 7.79. The highest BCUT2D eigenvalue weighted by molar-refractivity contribution is 7.89. The molecule has 3 rings (SSSR count). The van der Waals surface area contributed by atoms with E-state index in [0.29, 0.717) is 5.69 Å². The van der Waals surface area contributed by atoms with Crippen molar-refractivity contribution >= 4 is 39.1 Å². The molecule has 31 heavy (non-hydrogen) atoms. The van der Waals surface area contributed by atoms with Crippen molar-refractivity contribution in [1.29, 1.82) is 0 Å². The summed E-state index contributed by atoms with van der Waals surface area (Å²) in [7, 11) is -0.622. The van der Waals surface area contributed by atoms with Gasteiger partial charge in [-0.25, -0.2) is 8.42 Å². The highest BCUT2D eigenvalue weighted by Gasteiger charge is 2.29. The van der Waals surface area contributed by atoms with Crippen LogP contribution in [0.1, 0.15) is 52.8 Å². The molecule has 0 aliphatic heterocycles. The van der Waals surface area contributed by atoms with E-state index >= 15 is 0 Å². The predicted molar refractivity (Wildman–Crippen MR) is 121 cm³/mol. The van der Waals surface area contributed by atoms with Gasteiger partial charge in [0.05, 0.1) is 15.5 Å². The molecule has 1 aliphatic carbocycles. The number of anilines is 1. The van der Waals surface area contributed by atoms with Crippen LogP contribution in [0, 0.1) is 0 Å². The molecular weight excluding hydrogens is 438 g/mol. The number of rotatable bonds is 6. The maximum absolute atomic E-state index is 13.1. The second kappa shape index (κ2) is 9.80. The Morgan fingerprint density at radius 3 is 2.42 bits per heavy atom. The van der Waals surface area contributed by atoms with E-state index in [-0.39, 0.29) is 33.0 Å². The molecule has 2 aromatic carbocycles. The molecule has 2 aromatic rings. The van der Waals surface area contributed by atoms with Crippen LogP contribution in [0.4, 0.5) is 5.69 Å². The van der Waals surface area contributed by atoms with Gasteiger partial charge in [-0.15, -0.1) is 0 Å². The Hall–Kier alpha value is -2.42. The summed E-state index contributed by atoms with van der Waals surface area (Å²) in [6, 6.07) is 10.5. The van der Waals surface area contributed by atoms with Crippen molar-refractivity contribution in [2.45, 2.75) is 43.0 Å². The lowest BCUT2D eigenvalue weighted by Crippen LogP contribution is -2.38. The Labute approximate surface area is 187 Å². The number of benzene rings is 2. The largest absolute Gasteiger partial charge is 0.355 e. The average Bonchev–Trinajstić information content (AvgIpc) is 2.79. The van der Waals surface area contributed by atoms with E-state index in [2.05, 4.69) is 10.6 Å². The van der Waals surface area contributed by atoms with Crippen LogP contribution in [-0.4, -0.2) is 44.7 Å². The van der Waals surface area contributed by atoms with Gasteiger partial charge < -0.3 is 10.6 Å². The normalized spacial score (nSPS) is 15.0. The minimum atomic E-state index is -3.71. The monoisotopic (exact) mass is 463 g/mol. The molecule has 1 fully saturated rings. The van der Waals surface area contributed by atoms with Crippen molar-refractivity contribution in [3.8, 4) is 0 Å². The van der Waals surface area contributed by atoms with Crippen LogP contribution < -0.4 is 10.6 Å². The number of nitrogens with one attached hydrogen (secondary N) is 2. The summed E-state index contributed by atoms with van der Waals surface area (Å²) in [6.45, 7) is 0. The van der Waals surface area contributed by atoms with Gasteiger partial charge >= 0.3 is 0 Å². The van der Waals surface area contributed by atoms with Crippen molar-refractivity contribution in [2.24, 2.45) is 0 Å². The smallest absolute Gasteiger partial charge is 0.255 e. The molecular formula is C22H26ClN3O4S. The zero-order valence-corrected chi connectivity index (χ0v) is 19.1. The van der Waals surface area contributed by atoms with Crippen molar-refractivity contribution in [2.75, 3.05) is 19.4 Å². The van der Waals surface area contributed by atoms with Crippen molar-refractivity contribution < 1.29 is 18.0 Å². The Kier molecular flexibility index (Phi) is 7.35. The number of nitrogens with zero attached hydrogens (tertiary/aromatic N) is 1. The van der Waals surface area contributed by atoms with Crippen molar-refractivity contribution in [3.05, 3.63) is 58.6 Å². The quantitative estimate of drug-likeness (QED) is 0.679. The van der Waals surface area contributed by atoms with E-state index < -0.39 is 15.9 Å². The molecule has 0 atom stereocenters. The highest BCUT2D eigenvalue weighted by atomic mass is 35.5. The summed E-state index contributed by atoms with van der Waals surface area (Å²) < 4.78 is 27.6. The molecule has 0 saturated heterocycles. The van der Waals surface area contributed by atoms with Crippen molar-refractivity contribution in [3.63, 3.8) is 0 Å². The first kappa shape index (κ1) is 23.2. The minimum Gasteiger partial charge on any atom is -0.355 e. The number of halogens is 1. The fourth-order valence-electron chi connectivity index (χ4n) is 3.72. The summed E-state index contributed by atoms with van der Waals surface area (Å²) in [6.07, 6.45) is 4.87. The van der Waals surface area contributed by atoms with Gasteiger partial charge in [0.15, 0.2) is 0 Å². The number of hydrogen-bond donors (Lipinski definition) is 2. The molecule has 0 heterocycles. The van der Waals surface area contributed by atoms with E-state index in [4.69, 9.17) is 11.6 Å². The maximum atomic E-state index is 13.1. The van der Waals surface area contributed by atoms with E-state index in [1.807, 2.05) is 0 Å². The average molecular weight is 464 g/mol. The lowest BCUT2D eigenvalue weighted by molar-refractivity contribution is 0.0961. The molecule has 166 valence electrons.